The minimum atomic E-state index is -0.430. The maximum Gasteiger partial charge on any atom is 0.229 e. The average Bonchev–Trinajstić information content (AvgIpc) is 2.99. The zero-order valence-electron chi connectivity index (χ0n) is 14.7. The normalized spacial score (nSPS) is 16.8. The summed E-state index contributed by atoms with van der Waals surface area (Å²) < 4.78 is 14.1. The van der Waals surface area contributed by atoms with Crippen molar-refractivity contribution in [3.63, 3.8) is 0 Å². The summed E-state index contributed by atoms with van der Waals surface area (Å²) in [7, 11) is 0. The molecule has 1 N–H and O–H groups in total. The van der Waals surface area contributed by atoms with E-state index in [1.54, 1.807) is 17.0 Å². The lowest BCUT2D eigenvalue weighted by Crippen LogP contribution is -2.28. The Morgan fingerprint density at radius 1 is 1.31 bits per heavy atom. The summed E-state index contributed by atoms with van der Waals surface area (Å²) in [6.07, 6.45) is 0.946. The lowest BCUT2D eigenvalue weighted by atomic mass is 10.0. The number of rotatable bonds is 4. The number of hydrogen-bond donors (Lipinski definition) is 1. The van der Waals surface area contributed by atoms with Gasteiger partial charge in [-0.1, -0.05) is 22.9 Å². The minimum absolute atomic E-state index is 0.125. The highest BCUT2D eigenvalue weighted by Crippen LogP contribution is 2.29. The summed E-state index contributed by atoms with van der Waals surface area (Å²) in [5.41, 5.74) is 3.45. The van der Waals surface area contributed by atoms with Crippen molar-refractivity contribution in [2.75, 3.05) is 16.8 Å². The van der Waals surface area contributed by atoms with Gasteiger partial charge in [0.2, 0.25) is 11.8 Å². The molecule has 0 radical (unpaired) electrons. The number of carbonyl (C=O) groups is 2. The van der Waals surface area contributed by atoms with Crippen molar-refractivity contribution in [1.82, 2.24) is 0 Å². The second kappa shape index (κ2) is 7.58. The molecule has 4 nitrogen and oxygen atoms in total. The molecule has 0 saturated carbocycles. The molecule has 3 rings (SSSR count). The van der Waals surface area contributed by atoms with E-state index in [4.69, 9.17) is 0 Å². The largest absolute Gasteiger partial charge is 0.325 e. The molecule has 1 heterocycles. The van der Waals surface area contributed by atoms with Crippen molar-refractivity contribution in [2.24, 2.45) is 5.92 Å². The first-order valence-electron chi connectivity index (χ1n) is 8.55. The number of hydrogen-bond acceptors (Lipinski definition) is 2. The SMILES string of the molecule is CCc1cc(Br)cc(C)c1NC(=O)[C@H]1CC(=O)N(c2ccc(F)cc2)C1. The average molecular weight is 419 g/mol. The van der Waals surface area contributed by atoms with E-state index in [0.29, 0.717) is 12.2 Å². The fraction of sp³-hybridized carbons (Fsp3) is 0.300. The van der Waals surface area contributed by atoms with Crippen LogP contribution >= 0.6 is 15.9 Å². The van der Waals surface area contributed by atoms with Crippen LogP contribution in [0.2, 0.25) is 0 Å². The highest BCUT2D eigenvalue weighted by Gasteiger charge is 2.35. The molecule has 0 bridgehead atoms. The molecule has 2 aromatic rings. The Morgan fingerprint density at radius 3 is 2.65 bits per heavy atom. The van der Waals surface area contributed by atoms with Gasteiger partial charge in [0.05, 0.1) is 5.92 Å². The smallest absolute Gasteiger partial charge is 0.229 e. The predicted octanol–water partition coefficient (Wildman–Crippen LogP) is 4.45. The molecule has 6 heteroatoms. The Hall–Kier alpha value is -2.21. The van der Waals surface area contributed by atoms with E-state index < -0.39 is 5.92 Å². The first-order valence-corrected chi connectivity index (χ1v) is 9.34. The molecule has 0 aliphatic carbocycles. The predicted molar refractivity (Wildman–Crippen MR) is 104 cm³/mol. The van der Waals surface area contributed by atoms with Crippen LogP contribution in [0.1, 0.15) is 24.5 Å². The minimum Gasteiger partial charge on any atom is -0.325 e. The first-order chi connectivity index (χ1) is 12.4. The molecule has 1 saturated heterocycles. The highest BCUT2D eigenvalue weighted by atomic mass is 79.9. The van der Waals surface area contributed by atoms with Crippen molar-refractivity contribution < 1.29 is 14.0 Å². The van der Waals surface area contributed by atoms with Crippen molar-refractivity contribution in [2.45, 2.75) is 26.7 Å². The van der Waals surface area contributed by atoms with Gasteiger partial charge in [-0.2, -0.15) is 0 Å². The standard InChI is InChI=1S/C20H20BrFN2O2/c1-3-13-9-15(21)8-12(2)19(13)23-20(26)14-10-18(25)24(11-14)17-6-4-16(22)5-7-17/h4-9,14H,3,10-11H2,1-2H3,(H,23,26)/t14-/m0/s1. The molecule has 0 aromatic heterocycles. The van der Waals surface area contributed by atoms with E-state index >= 15 is 0 Å². The van der Waals surface area contributed by atoms with Gasteiger partial charge in [-0.25, -0.2) is 4.39 Å². The Morgan fingerprint density at radius 2 is 2.00 bits per heavy atom. The van der Waals surface area contributed by atoms with Crippen LogP contribution < -0.4 is 10.2 Å². The molecule has 1 fully saturated rings. The van der Waals surface area contributed by atoms with Crippen molar-refractivity contribution in [3.05, 3.63) is 57.8 Å². The molecule has 136 valence electrons. The number of nitrogens with zero attached hydrogens (tertiary/aromatic N) is 1. The zero-order chi connectivity index (χ0) is 18.8. The van der Waals surface area contributed by atoms with E-state index in [0.717, 1.165) is 27.7 Å². The molecule has 1 aliphatic rings. The number of benzene rings is 2. The third kappa shape index (κ3) is 3.80. The second-order valence-corrected chi connectivity index (χ2v) is 7.40. The van der Waals surface area contributed by atoms with Gasteiger partial charge in [0.15, 0.2) is 0 Å². The molecule has 1 aliphatic heterocycles. The quantitative estimate of drug-likeness (QED) is 0.796. The van der Waals surface area contributed by atoms with Crippen molar-refractivity contribution >= 4 is 39.1 Å². The van der Waals surface area contributed by atoms with E-state index in [-0.39, 0.29) is 24.1 Å². The Kier molecular flexibility index (Phi) is 5.41. The van der Waals surface area contributed by atoms with Crippen LogP contribution in [0.3, 0.4) is 0 Å². The fourth-order valence-corrected chi connectivity index (χ4v) is 3.87. The van der Waals surface area contributed by atoms with Gasteiger partial charge in [0.25, 0.3) is 0 Å². The van der Waals surface area contributed by atoms with Crippen LogP contribution in [0.25, 0.3) is 0 Å². The number of anilines is 2. The van der Waals surface area contributed by atoms with Gasteiger partial charge >= 0.3 is 0 Å². The number of nitrogens with one attached hydrogen (secondary N) is 1. The van der Waals surface area contributed by atoms with E-state index in [2.05, 4.69) is 21.2 Å². The number of carbonyl (C=O) groups excluding carboxylic acids is 2. The third-order valence-corrected chi connectivity index (χ3v) is 5.10. The number of amides is 2. The summed E-state index contributed by atoms with van der Waals surface area (Å²) in [4.78, 5) is 26.6. The van der Waals surface area contributed by atoms with Crippen LogP contribution in [0.4, 0.5) is 15.8 Å². The molecule has 2 amide bonds. The van der Waals surface area contributed by atoms with Gasteiger partial charge in [0.1, 0.15) is 5.82 Å². The van der Waals surface area contributed by atoms with Gasteiger partial charge in [-0.3, -0.25) is 9.59 Å². The van der Waals surface area contributed by atoms with Crippen LogP contribution in [-0.4, -0.2) is 18.4 Å². The fourth-order valence-electron chi connectivity index (χ4n) is 3.25. The Balaban J connectivity index is 1.76. The molecular weight excluding hydrogens is 399 g/mol. The zero-order valence-corrected chi connectivity index (χ0v) is 16.3. The topological polar surface area (TPSA) is 49.4 Å². The van der Waals surface area contributed by atoms with Gasteiger partial charge in [0, 0.05) is 28.8 Å². The van der Waals surface area contributed by atoms with Crippen molar-refractivity contribution in [1.29, 1.82) is 0 Å². The maximum absolute atomic E-state index is 13.1. The van der Waals surface area contributed by atoms with Crippen LogP contribution in [0.15, 0.2) is 40.9 Å². The molecular formula is C20H20BrFN2O2. The van der Waals surface area contributed by atoms with Crippen molar-refractivity contribution in [3.8, 4) is 0 Å². The van der Waals surface area contributed by atoms with Crippen LogP contribution in [-0.2, 0) is 16.0 Å². The lowest BCUT2D eigenvalue weighted by Gasteiger charge is -2.18. The van der Waals surface area contributed by atoms with E-state index in [1.807, 2.05) is 26.0 Å². The summed E-state index contributed by atoms with van der Waals surface area (Å²) in [5, 5.41) is 3.00. The van der Waals surface area contributed by atoms with Crippen LogP contribution in [0, 0.1) is 18.7 Å². The summed E-state index contributed by atoms with van der Waals surface area (Å²) in [5.74, 6) is -1.07. The molecule has 0 spiro atoms. The van der Waals surface area contributed by atoms with Gasteiger partial charge < -0.3 is 10.2 Å². The van der Waals surface area contributed by atoms with E-state index in [1.165, 1.54) is 12.1 Å². The summed E-state index contributed by atoms with van der Waals surface area (Å²) in [6.45, 7) is 4.28. The molecule has 26 heavy (non-hydrogen) atoms. The number of halogens is 2. The van der Waals surface area contributed by atoms with Gasteiger partial charge in [-0.05, 0) is 60.9 Å². The summed E-state index contributed by atoms with van der Waals surface area (Å²) in [6, 6.07) is 9.69. The Bertz CT molecular complexity index is 852. The lowest BCUT2D eigenvalue weighted by molar-refractivity contribution is -0.122. The van der Waals surface area contributed by atoms with E-state index in [9.17, 15) is 14.0 Å². The summed E-state index contributed by atoms with van der Waals surface area (Å²) >= 11 is 3.48. The van der Waals surface area contributed by atoms with Crippen LogP contribution in [0.5, 0.6) is 0 Å². The molecule has 2 aromatic carbocycles. The van der Waals surface area contributed by atoms with Gasteiger partial charge in [-0.15, -0.1) is 0 Å². The third-order valence-electron chi connectivity index (χ3n) is 4.65. The molecule has 1 atom stereocenters. The Labute approximate surface area is 160 Å². The number of aryl methyl sites for hydroxylation is 2. The molecule has 0 unspecified atom stereocenters. The monoisotopic (exact) mass is 418 g/mol. The second-order valence-electron chi connectivity index (χ2n) is 6.48. The maximum atomic E-state index is 13.1. The highest BCUT2D eigenvalue weighted by molar-refractivity contribution is 9.10. The first kappa shape index (κ1) is 18.6.